The van der Waals surface area contributed by atoms with Crippen molar-refractivity contribution in [2.45, 2.75) is 38.5 Å². The molecule has 15 N–H and O–H groups in total. The molecule has 11 amide bonds. The monoisotopic (exact) mass is 1630 g/mol. The average molecular weight is 1630 g/mol. The van der Waals surface area contributed by atoms with Crippen molar-refractivity contribution < 1.29 is 109 Å². The third kappa shape index (κ3) is 25.5. The van der Waals surface area contributed by atoms with Crippen LogP contribution < -0.4 is 63.4 Å². The number of likely N-dealkylation sites (N-methyl/N-ethyl adjacent to an activating group) is 1. The van der Waals surface area contributed by atoms with Crippen LogP contribution in [0.4, 0.5) is 40.1 Å². The number of anilines is 7. The largest absolute Gasteiger partial charge is 0.481 e. The molecule has 0 saturated carbocycles. The fourth-order valence-corrected chi connectivity index (χ4v) is 12.1. The quantitative estimate of drug-likeness (QED) is 0.0127. The number of quaternary nitrogens is 2. The van der Waals surface area contributed by atoms with Crippen molar-refractivity contribution >= 4 is 123 Å². The number of nitrogens with one attached hydrogen (secondary N) is 12. The van der Waals surface area contributed by atoms with Gasteiger partial charge in [-0.05, 0) is 36.8 Å². The maximum atomic E-state index is 13.6. The van der Waals surface area contributed by atoms with E-state index < -0.39 is 84.2 Å². The van der Waals surface area contributed by atoms with Crippen LogP contribution in [0.2, 0.25) is 0 Å². The maximum Gasteiger partial charge on any atom is 0.359 e. The number of carbonyl (C=O) groups is 14. The molecule has 2 atom stereocenters. The number of rotatable bonds is 42. The Morgan fingerprint density at radius 2 is 0.807 bits per heavy atom. The first-order chi connectivity index (χ1) is 53.5. The number of carbonyl (C=O) groups excluding carboxylic acids is 11. The summed E-state index contributed by atoms with van der Waals surface area (Å²) in [6, 6.07) is 7.34. The molecule has 0 spiro atoms. The third-order valence-electron chi connectivity index (χ3n) is 17.9. The Morgan fingerprint density at radius 1 is 0.404 bits per heavy atom. The molecule has 0 bridgehead atoms. The molecule has 8 rings (SSSR count). The Labute approximate surface area is 663 Å². The van der Waals surface area contributed by atoms with E-state index in [0.717, 1.165) is 4.90 Å². The predicted octanol–water partition coefficient (Wildman–Crippen LogP) is -0.721. The molecule has 0 aromatic carbocycles. The van der Waals surface area contributed by atoms with E-state index in [1.807, 2.05) is 7.05 Å². The van der Waals surface area contributed by atoms with Crippen LogP contribution in [0, 0.1) is 0 Å². The van der Waals surface area contributed by atoms with Crippen molar-refractivity contribution in [1.29, 1.82) is 0 Å². The second kappa shape index (κ2) is 40.3. The Balaban J connectivity index is 0.0000180. The molecule has 0 fully saturated rings. The molecule has 0 aliphatic rings. The van der Waals surface area contributed by atoms with Crippen molar-refractivity contribution in [3.05, 3.63) is 132 Å². The van der Waals surface area contributed by atoms with Crippen molar-refractivity contribution in [3.63, 3.8) is 0 Å². The van der Waals surface area contributed by atoms with Gasteiger partial charge in [0.1, 0.15) is 28.5 Å². The van der Waals surface area contributed by atoms with Crippen molar-refractivity contribution in [1.82, 2.24) is 77.7 Å². The molecule has 8 aromatic rings. The van der Waals surface area contributed by atoms with Gasteiger partial charge in [0.2, 0.25) is 23.5 Å². The Hall–Kier alpha value is -13.0. The van der Waals surface area contributed by atoms with Crippen LogP contribution in [-0.4, -0.2) is 252 Å². The predicted molar refractivity (Wildman–Crippen MR) is 408 cm³/mol. The summed E-state index contributed by atoms with van der Waals surface area (Å²) in [4.78, 5) is 194. The van der Waals surface area contributed by atoms with Crippen molar-refractivity contribution in [2.24, 2.45) is 56.4 Å². The van der Waals surface area contributed by atoms with Crippen LogP contribution in [-0.2, 0) is 102 Å². The van der Waals surface area contributed by atoms with E-state index in [1.54, 1.807) is 82.0 Å². The van der Waals surface area contributed by atoms with E-state index in [2.05, 4.69) is 73.4 Å². The SMILES string of the molecule is Cn1cc(NC(=O)c2nc(NC(=O)c3nc(NC(=O)c4nccn4C)cn3C)cn2C)cc1C(=O)NCCCC(=O)Nc1cc(C(=O)Nc2cc(C(=O)Nc3cc(C(=O)Nc4cc(C(=O)NCCC(=O)NCCC[NH+](C)CCCNC(=O)C[N+](C)(CCN(CCC(=O)O)CC(=O)O)CC(=O)O)n(C)c4)n(C)c3)n(C)c2)n(C)c1.[Fe]. The van der Waals surface area contributed by atoms with Gasteiger partial charge in [-0.2, -0.15) is 0 Å². The van der Waals surface area contributed by atoms with Crippen LogP contribution in [0.25, 0.3) is 0 Å². The average Bonchev–Trinajstić information content (AvgIpc) is 1.66. The van der Waals surface area contributed by atoms with Crippen LogP contribution in [0.3, 0.4) is 0 Å². The van der Waals surface area contributed by atoms with Crippen molar-refractivity contribution in [3.8, 4) is 0 Å². The summed E-state index contributed by atoms with van der Waals surface area (Å²) in [7, 11) is 16.4. The summed E-state index contributed by atoms with van der Waals surface area (Å²) < 4.78 is 11.6. The van der Waals surface area contributed by atoms with Gasteiger partial charge in [0.25, 0.3) is 53.2 Å². The zero-order chi connectivity index (χ0) is 82.5. The molecule has 0 aliphatic carbocycles. The normalized spacial score (nSPS) is 11.8. The van der Waals surface area contributed by atoms with E-state index in [1.165, 1.54) is 109 Å². The number of aliphatic carboxylic acids is 3. The summed E-state index contributed by atoms with van der Waals surface area (Å²) in [5.74, 6) is -8.75. The summed E-state index contributed by atoms with van der Waals surface area (Å²) in [6.45, 7) is 1.35. The first-order valence-corrected chi connectivity index (χ1v) is 35.7. The molecular formula is C71H95FeN25O17+2. The number of carboxylic acids is 3. The molecule has 43 heteroatoms. The molecule has 0 aliphatic heterocycles. The van der Waals surface area contributed by atoms with Gasteiger partial charge in [-0.1, -0.05) is 0 Å². The van der Waals surface area contributed by atoms with E-state index >= 15 is 0 Å². The zero-order valence-electron chi connectivity index (χ0n) is 64.5. The molecule has 8 heterocycles. The van der Waals surface area contributed by atoms with Gasteiger partial charge in [-0.3, -0.25) is 67.2 Å². The van der Waals surface area contributed by atoms with E-state index in [9.17, 15) is 77.3 Å². The number of hydrogen-bond acceptors (Lipinski definition) is 18. The Bertz CT molecular complexity index is 4890. The van der Waals surface area contributed by atoms with Gasteiger partial charge < -0.3 is 120 Å². The molecule has 114 heavy (non-hydrogen) atoms. The number of carboxylic acid groups (broad SMARTS) is 3. The maximum absolute atomic E-state index is 13.6. The zero-order valence-corrected chi connectivity index (χ0v) is 65.6. The number of amides is 11. The first-order valence-electron chi connectivity index (χ1n) is 35.7. The van der Waals surface area contributed by atoms with Gasteiger partial charge in [0.05, 0.1) is 75.1 Å². The molecule has 0 radical (unpaired) electrons. The van der Waals surface area contributed by atoms with E-state index in [-0.39, 0.29) is 173 Å². The fourth-order valence-electron chi connectivity index (χ4n) is 12.1. The molecule has 8 aromatic heterocycles. The van der Waals surface area contributed by atoms with Crippen molar-refractivity contribution in [2.75, 3.05) is 130 Å². The third-order valence-corrected chi connectivity index (χ3v) is 17.9. The number of aryl methyl sites for hydroxylation is 8. The van der Waals surface area contributed by atoms with E-state index in [0.29, 0.717) is 50.4 Å². The fraction of sp³-hybridized carbons (Fsp3) is 0.394. The number of nitrogens with zero attached hydrogens (tertiary/aromatic N) is 13. The minimum absolute atomic E-state index is 0. The smallest absolute Gasteiger partial charge is 0.359 e. The molecular weight excluding hydrogens is 1530 g/mol. The van der Waals surface area contributed by atoms with Crippen LogP contribution in [0.1, 0.15) is 123 Å². The van der Waals surface area contributed by atoms with Gasteiger partial charge in [0.15, 0.2) is 30.5 Å². The molecule has 612 valence electrons. The molecule has 2 unspecified atom stereocenters. The second-order valence-corrected chi connectivity index (χ2v) is 27.5. The number of imidazole rings is 3. The standard InChI is InChI=1S/C71H93N25O17.Fe/c1-86(23-13-19-73-57(99)41-96(10,42-60(104)105)27-26-95(40-59(102)103)24-16-58(100)101)22-12-18-72-55(97)15-20-76-65(107)49-29-44(34-88(49)3)78-67(109)51-32-46(36-91(51)6)80-68(110)52-31-45(35-92(52)7)79-66(108)50-28-43(33-90(50)5)77-56(98)14-11-17-75-64(106)48-30-47(37-89(48)4)81-70(112)62-82-54(39-93(62)8)85-71(113)63-83-53(38-94(63)9)84-69(111)61-74-21-25-87(61)2;/h21,25,28-39H,11-20,22-24,26-27,40-42H2,1-10H3,(H13-,72,73,75,76,77,78,79,80,81,84,85,97,98,99,100,101,102,103,104,105,106,107,108,109,110,111,112,113);/p+2. The Morgan fingerprint density at radius 3 is 1.24 bits per heavy atom. The molecule has 0 saturated heterocycles. The minimum Gasteiger partial charge on any atom is -0.481 e. The summed E-state index contributed by atoms with van der Waals surface area (Å²) in [5, 5.41) is 57.9. The number of aromatic nitrogens is 11. The molecule has 42 nitrogen and oxygen atoms in total. The minimum atomic E-state index is -1.16. The Kier molecular flexibility index (Phi) is 31.2. The van der Waals surface area contributed by atoms with Crippen LogP contribution in [0.5, 0.6) is 0 Å². The second-order valence-electron chi connectivity index (χ2n) is 27.5. The van der Waals surface area contributed by atoms with Crippen LogP contribution in [0.15, 0.2) is 86.1 Å². The van der Waals surface area contributed by atoms with E-state index in [4.69, 9.17) is 5.11 Å². The summed E-state index contributed by atoms with van der Waals surface area (Å²) in [5.41, 5.74) is 2.35. The first kappa shape index (κ1) is 88.2. The van der Waals surface area contributed by atoms with Gasteiger partial charge in [-0.25, -0.2) is 19.7 Å². The number of hydrogen-bond donors (Lipinski definition) is 15. The van der Waals surface area contributed by atoms with Gasteiger partial charge in [0, 0.05) is 194 Å². The van der Waals surface area contributed by atoms with Gasteiger partial charge in [-0.15, -0.1) is 0 Å². The topological polar surface area (TPSA) is 518 Å². The summed E-state index contributed by atoms with van der Waals surface area (Å²) in [6.07, 6.45) is 14.8. The van der Waals surface area contributed by atoms with Gasteiger partial charge >= 0.3 is 17.9 Å². The summed E-state index contributed by atoms with van der Waals surface area (Å²) >= 11 is 0. The van der Waals surface area contributed by atoms with Crippen LogP contribution >= 0.6 is 0 Å².